The normalized spacial score (nSPS) is 11.5. The van der Waals surface area contributed by atoms with Gasteiger partial charge in [-0.25, -0.2) is 4.79 Å². The maximum absolute atomic E-state index is 11.8. The summed E-state index contributed by atoms with van der Waals surface area (Å²) in [6.07, 6.45) is 3.52. The molecule has 6 nitrogen and oxygen atoms in total. The molecule has 2 aromatic rings. The van der Waals surface area contributed by atoms with Crippen molar-refractivity contribution in [3.05, 3.63) is 48.3 Å². The summed E-state index contributed by atoms with van der Waals surface area (Å²) in [4.78, 5) is 18.0. The Kier molecular flexibility index (Phi) is 7.26. The lowest BCUT2D eigenvalue weighted by atomic mass is 10.2. The summed E-state index contributed by atoms with van der Waals surface area (Å²) in [5.41, 5.74) is 2.08. The van der Waals surface area contributed by atoms with E-state index in [0.717, 1.165) is 17.0 Å². The average Bonchev–Trinajstić information content (AvgIpc) is 2.65. The summed E-state index contributed by atoms with van der Waals surface area (Å²) in [7, 11) is 3.97. The van der Waals surface area contributed by atoms with Crippen LogP contribution < -0.4 is 14.4 Å². The molecule has 0 aliphatic heterocycles. The molecule has 0 amide bonds. The topological polar surface area (TPSA) is 60.9 Å². The fourth-order valence-electron chi connectivity index (χ4n) is 2.44. The van der Waals surface area contributed by atoms with Gasteiger partial charge in [0.05, 0.1) is 6.61 Å². The third-order valence-corrected chi connectivity index (χ3v) is 3.78. The van der Waals surface area contributed by atoms with E-state index in [1.165, 1.54) is 0 Å². The molecule has 26 heavy (non-hydrogen) atoms. The minimum Gasteiger partial charge on any atom is -0.489 e. The smallest absolute Gasteiger partial charge is 0.347 e. The van der Waals surface area contributed by atoms with E-state index in [4.69, 9.17) is 14.2 Å². The second kappa shape index (κ2) is 9.65. The van der Waals surface area contributed by atoms with E-state index in [9.17, 15) is 4.79 Å². The number of esters is 1. The van der Waals surface area contributed by atoms with Crippen molar-refractivity contribution in [2.45, 2.75) is 33.0 Å². The highest BCUT2D eigenvalue weighted by atomic mass is 16.6. The molecule has 0 radical (unpaired) electrons. The number of carbonyl (C=O) groups is 1. The van der Waals surface area contributed by atoms with E-state index in [1.54, 1.807) is 31.5 Å². The molecule has 0 saturated heterocycles. The van der Waals surface area contributed by atoms with Crippen molar-refractivity contribution >= 4 is 11.7 Å². The van der Waals surface area contributed by atoms with Gasteiger partial charge in [-0.15, -0.1) is 0 Å². The molecule has 0 aliphatic carbocycles. The minimum atomic E-state index is -0.597. The summed E-state index contributed by atoms with van der Waals surface area (Å²) >= 11 is 0. The van der Waals surface area contributed by atoms with Gasteiger partial charge in [-0.3, -0.25) is 4.98 Å². The first-order valence-corrected chi connectivity index (χ1v) is 8.71. The van der Waals surface area contributed by atoms with Gasteiger partial charge in [0.15, 0.2) is 6.10 Å². The van der Waals surface area contributed by atoms with Gasteiger partial charge in [0.25, 0.3) is 0 Å². The van der Waals surface area contributed by atoms with Crippen molar-refractivity contribution in [3.63, 3.8) is 0 Å². The fourth-order valence-corrected chi connectivity index (χ4v) is 2.44. The molecule has 0 fully saturated rings. The SMILES string of the molecule is CCOC(=O)C(CC)Oc1ccc(OCc2cnccc2N(C)C)cc1. The van der Waals surface area contributed by atoms with Gasteiger partial charge in [-0.1, -0.05) is 6.92 Å². The number of ether oxygens (including phenoxy) is 3. The van der Waals surface area contributed by atoms with Crippen molar-refractivity contribution in [3.8, 4) is 11.5 Å². The maximum Gasteiger partial charge on any atom is 0.347 e. The number of hydrogen-bond donors (Lipinski definition) is 0. The Morgan fingerprint density at radius 3 is 2.42 bits per heavy atom. The van der Waals surface area contributed by atoms with Crippen LogP contribution in [0.2, 0.25) is 0 Å². The van der Waals surface area contributed by atoms with E-state index in [-0.39, 0.29) is 5.97 Å². The summed E-state index contributed by atoms with van der Waals surface area (Å²) in [6.45, 7) is 4.42. The van der Waals surface area contributed by atoms with Crippen LogP contribution in [0.25, 0.3) is 0 Å². The van der Waals surface area contributed by atoms with Gasteiger partial charge in [-0.05, 0) is 43.7 Å². The zero-order valence-corrected chi connectivity index (χ0v) is 15.8. The second-order valence-corrected chi connectivity index (χ2v) is 5.93. The number of nitrogens with zero attached hydrogens (tertiary/aromatic N) is 2. The minimum absolute atomic E-state index is 0.342. The highest BCUT2D eigenvalue weighted by Crippen LogP contribution is 2.22. The van der Waals surface area contributed by atoms with E-state index in [2.05, 4.69) is 4.98 Å². The van der Waals surface area contributed by atoms with E-state index in [1.807, 2.05) is 44.1 Å². The van der Waals surface area contributed by atoms with Crippen molar-refractivity contribution in [1.29, 1.82) is 0 Å². The monoisotopic (exact) mass is 358 g/mol. The van der Waals surface area contributed by atoms with Crippen LogP contribution in [0, 0.1) is 0 Å². The third kappa shape index (κ3) is 5.37. The fraction of sp³-hybridized carbons (Fsp3) is 0.400. The molecule has 1 aromatic heterocycles. The van der Waals surface area contributed by atoms with Crippen molar-refractivity contribution in [2.24, 2.45) is 0 Å². The van der Waals surface area contributed by atoms with Crippen LogP contribution >= 0.6 is 0 Å². The van der Waals surface area contributed by atoms with E-state index < -0.39 is 6.10 Å². The molecule has 0 aliphatic rings. The molecular formula is C20H26N2O4. The molecule has 1 aromatic carbocycles. The summed E-state index contributed by atoms with van der Waals surface area (Å²) in [5, 5.41) is 0. The Morgan fingerprint density at radius 2 is 1.81 bits per heavy atom. The Morgan fingerprint density at radius 1 is 1.12 bits per heavy atom. The van der Waals surface area contributed by atoms with Crippen molar-refractivity contribution in [2.75, 3.05) is 25.6 Å². The molecule has 1 atom stereocenters. The zero-order chi connectivity index (χ0) is 18.9. The number of rotatable bonds is 9. The summed E-state index contributed by atoms with van der Waals surface area (Å²) < 4.78 is 16.6. The number of anilines is 1. The molecule has 1 heterocycles. The quantitative estimate of drug-likeness (QED) is 0.640. The summed E-state index contributed by atoms with van der Waals surface area (Å²) in [6, 6.07) is 9.16. The van der Waals surface area contributed by atoms with Gasteiger partial charge in [-0.2, -0.15) is 0 Å². The molecule has 2 rings (SSSR count). The van der Waals surface area contributed by atoms with Crippen molar-refractivity contribution in [1.82, 2.24) is 4.98 Å². The molecule has 0 bridgehead atoms. The molecule has 0 saturated carbocycles. The lowest BCUT2D eigenvalue weighted by Crippen LogP contribution is -2.28. The molecular weight excluding hydrogens is 332 g/mol. The lowest BCUT2D eigenvalue weighted by molar-refractivity contribution is -0.151. The van der Waals surface area contributed by atoms with Gasteiger partial charge in [0.1, 0.15) is 18.1 Å². The predicted molar refractivity (Wildman–Crippen MR) is 101 cm³/mol. The Balaban J connectivity index is 1.96. The van der Waals surface area contributed by atoms with Gasteiger partial charge in [0, 0.05) is 37.7 Å². The molecule has 140 valence electrons. The molecule has 1 unspecified atom stereocenters. The van der Waals surface area contributed by atoms with Gasteiger partial charge < -0.3 is 19.1 Å². The largest absolute Gasteiger partial charge is 0.489 e. The zero-order valence-electron chi connectivity index (χ0n) is 15.8. The van der Waals surface area contributed by atoms with Crippen LogP contribution in [0.4, 0.5) is 5.69 Å². The van der Waals surface area contributed by atoms with E-state index >= 15 is 0 Å². The Labute approximate surface area is 154 Å². The highest BCUT2D eigenvalue weighted by molar-refractivity contribution is 5.75. The van der Waals surface area contributed by atoms with Crippen LogP contribution in [-0.2, 0) is 16.1 Å². The molecule has 6 heteroatoms. The maximum atomic E-state index is 11.8. The lowest BCUT2D eigenvalue weighted by Gasteiger charge is -2.18. The average molecular weight is 358 g/mol. The van der Waals surface area contributed by atoms with Crippen LogP contribution in [0.3, 0.4) is 0 Å². The van der Waals surface area contributed by atoms with Crippen LogP contribution in [0.1, 0.15) is 25.8 Å². The third-order valence-electron chi connectivity index (χ3n) is 3.78. The van der Waals surface area contributed by atoms with Gasteiger partial charge in [0.2, 0.25) is 0 Å². The van der Waals surface area contributed by atoms with Crippen LogP contribution in [-0.4, -0.2) is 37.8 Å². The number of aromatic nitrogens is 1. The van der Waals surface area contributed by atoms with Gasteiger partial charge >= 0.3 is 5.97 Å². The Bertz CT molecular complexity index is 701. The molecule has 0 N–H and O–H groups in total. The first-order chi connectivity index (χ1) is 12.5. The predicted octanol–water partition coefficient (Wildman–Crippen LogP) is 3.45. The Hall–Kier alpha value is -2.76. The standard InChI is InChI=1S/C20H26N2O4/c1-5-19(20(23)24-6-2)26-17-9-7-16(8-10-17)25-14-15-13-21-12-11-18(15)22(3)4/h7-13,19H,5-6,14H2,1-4H3. The number of benzene rings is 1. The number of hydrogen-bond acceptors (Lipinski definition) is 6. The number of carbonyl (C=O) groups excluding carboxylic acids is 1. The second-order valence-electron chi connectivity index (χ2n) is 5.93. The highest BCUT2D eigenvalue weighted by Gasteiger charge is 2.19. The number of pyridine rings is 1. The van der Waals surface area contributed by atoms with Crippen LogP contribution in [0.15, 0.2) is 42.7 Å². The van der Waals surface area contributed by atoms with Crippen LogP contribution in [0.5, 0.6) is 11.5 Å². The first kappa shape index (κ1) is 19.6. The summed E-state index contributed by atoms with van der Waals surface area (Å²) in [5.74, 6) is 0.978. The first-order valence-electron chi connectivity index (χ1n) is 8.71. The van der Waals surface area contributed by atoms with Crippen molar-refractivity contribution < 1.29 is 19.0 Å². The van der Waals surface area contributed by atoms with E-state index in [0.29, 0.717) is 25.4 Å². The molecule has 0 spiro atoms.